The van der Waals surface area contributed by atoms with Gasteiger partial charge in [0.25, 0.3) is 0 Å². The molecule has 1 aromatic rings. The SMILES string of the molecule is Cc1cc(NC(=O)CCN2CCCC(CNC(=O)C3CCCN3)C2)no1. The van der Waals surface area contributed by atoms with Gasteiger partial charge < -0.3 is 25.4 Å². The Morgan fingerprint density at radius 1 is 1.38 bits per heavy atom. The third-order valence-corrected chi connectivity index (χ3v) is 5.10. The Morgan fingerprint density at radius 3 is 3.00 bits per heavy atom. The Bertz CT molecular complexity index is 612. The highest BCUT2D eigenvalue weighted by atomic mass is 16.5. The number of piperidine rings is 1. The quantitative estimate of drug-likeness (QED) is 0.665. The van der Waals surface area contributed by atoms with E-state index in [2.05, 4.69) is 26.0 Å². The van der Waals surface area contributed by atoms with E-state index in [4.69, 9.17) is 4.52 Å². The number of amides is 2. The number of likely N-dealkylation sites (tertiary alicyclic amines) is 1. The molecule has 2 atom stereocenters. The van der Waals surface area contributed by atoms with Crippen molar-refractivity contribution in [3.05, 3.63) is 11.8 Å². The minimum atomic E-state index is -0.0546. The fourth-order valence-corrected chi connectivity index (χ4v) is 3.69. The van der Waals surface area contributed by atoms with E-state index in [-0.39, 0.29) is 17.9 Å². The first-order valence-corrected chi connectivity index (χ1v) is 9.57. The van der Waals surface area contributed by atoms with Crippen molar-refractivity contribution < 1.29 is 14.1 Å². The maximum atomic E-state index is 12.1. The highest BCUT2D eigenvalue weighted by Crippen LogP contribution is 2.16. The number of carbonyl (C=O) groups is 2. The van der Waals surface area contributed by atoms with Crippen LogP contribution in [-0.2, 0) is 9.59 Å². The lowest BCUT2D eigenvalue weighted by atomic mass is 9.97. The average molecular weight is 363 g/mol. The van der Waals surface area contributed by atoms with E-state index in [1.165, 1.54) is 0 Å². The normalized spacial score (nSPS) is 23.7. The Kier molecular flexibility index (Phi) is 6.62. The van der Waals surface area contributed by atoms with E-state index in [0.29, 0.717) is 23.9 Å². The standard InChI is InChI=1S/C18H29N5O3/c1-13-10-16(22-26-13)21-17(24)6-9-23-8-3-4-14(12-23)11-20-18(25)15-5-2-7-19-15/h10,14-15,19H,2-9,11-12H2,1H3,(H,20,25)(H,21,22,24). The number of rotatable bonds is 7. The minimum Gasteiger partial charge on any atom is -0.360 e. The van der Waals surface area contributed by atoms with Crippen molar-refractivity contribution in [1.82, 2.24) is 20.7 Å². The van der Waals surface area contributed by atoms with E-state index >= 15 is 0 Å². The molecule has 0 bridgehead atoms. The molecule has 0 aliphatic carbocycles. The first-order valence-electron chi connectivity index (χ1n) is 9.57. The van der Waals surface area contributed by atoms with Crippen LogP contribution in [0.25, 0.3) is 0 Å². The molecular formula is C18H29N5O3. The van der Waals surface area contributed by atoms with E-state index < -0.39 is 0 Å². The fourth-order valence-electron chi connectivity index (χ4n) is 3.69. The molecule has 3 N–H and O–H groups in total. The molecule has 2 amide bonds. The third kappa shape index (κ3) is 5.54. The van der Waals surface area contributed by atoms with Crippen LogP contribution in [-0.4, -0.2) is 60.6 Å². The Hall–Kier alpha value is -1.93. The van der Waals surface area contributed by atoms with Gasteiger partial charge in [0.1, 0.15) is 5.76 Å². The highest BCUT2D eigenvalue weighted by Gasteiger charge is 2.24. The molecule has 1 aromatic heterocycles. The average Bonchev–Trinajstić information content (AvgIpc) is 3.30. The van der Waals surface area contributed by atoms with Crippen LogP contribution in [0.3, 0.4) is 0 Å². The molecule has 0 radical (unpaired) electrons. The van der Waals surface area contributed by atoms with Gasteiger partial charge in [0.05, 0.1) is 6.04 Å². The lowest BCUT2D eigenvalue weighted by molar-refractivity contribution is -0.123. The molecule has 2 saturated heterocycles. The van der Waals surface area contributed by atoms with Crippen LogP contribution in [0.4, 0.5) is 5.82 Å². The van der Waals surface area contributed by atoms with E-state index in [1.807, 2.05) is 0 Å². The molecule has 8 heteroatoms. The fraction of sp³-hybridized carbons (Fsp3) is 0.722. The first kappa shape index (κ1) is 18.8. The monoisotopic (exact) mass is 363 g/mol. The number of nitrogens with one attached hydrogen (secondary N) is 3. The van der Waals surface area contributed by atoms with Gasteiger partial charge in [-0.15, -0.1) is 0 Å². The zero-order chi connectivity index (χ0) is 18.4. The van der Waals surface area contributed by atoms with Crippen molar-refractivity contribution in [1.29, 1.82) is 0 Å². The number of hydrogen-bond donors (Lipinski definition) is 3. The molecule has 0 spiro atoms. The lowest BCUT2D eigenvalue weighted by Gasteiger charge is -2.32. The molecule has 0 saturated carbocycles. The highest BCUT2D eigenvalue weighted by molar-refractivity contribution is 5.89. The van der Waals surface area contributed by atoms with Gasteiger partial charge in [0.2, 0.25) is 11.8 Å². The Labute approximate surface area is 154 Å². The van der Waals surface area contributed by atoms with Crippen LogP contribution >= 0.6 is 0 Å². The summed E-state index contributed by atoms with van der Waals surface area (Å²) in [6.07, 6.45) is 4.66. The Morgan fingerprint density at radius 2 is 2.27 bits per heavy atom. The summed E-state index contributed by atoms with van der Waals surface area (Å²) in [6, 6.07) is 1.69. The summed E-state index contributed by atoms with van der Waals surface area (Å²) in [4.78, 5) is 26.4. The van der Waals surface area contributed by atoms with Crippen LogP contribution in [0, 0.1) is 12.8 Å². The van der Waals surface area contributed by atoms with Gasteiger partial charge in [-0.05, 0) is 51.6 Å². The van der Waals surface area contributed by atoms with Crippen LogP contribution in [0.5, 0.6) is 0 Å². The first-order chi connectivity index (χ1) is 12.6. The summed E-state index contributed by atoms with van der Waals surface area (Å²) < 4.78 is 4.94. The van der Waals surface area contributed by atoms with Crippen molar-refractivity contribution >= 4 is 17.6 Å². The second kappa shape index (κ2) is 9.14. The lowest BCUT2D eigenvalue weighted by Crippen LogP contribution is -2.45. The van der Waals surface area contributed by atoms with Crippen molar-refractivity contribution in [3.8, 4) is 0 Å². The molecular weight excluding hydrogens is 334 g/mol. The maximum absolute atomic E-state index is 12.1. The van der Waals surface area contributed by atoms with Gasteiger partial charge in [0.15, 0.2) is 5.82 Å². The molecule has 3 rings (SSSR count). The molecule has 2 fully saturated rings. The summed E-state index contributed by atoms with van der Waals surface area (Å²) in [5, 5.41) is 12.8. The number of aryl methyl sites for hydroxylation is 1. The second-order valence-corrected chi connectivity index (χ2v) is 7.32. The van der Waals surface area contributed by atoms with E-state index in [0.717, 1.165) is 58.4 Å². The molecule has 2 unspecified atom stereocenters. The summed E-state index contributed by atoms with van der Waals surface area (Å²) in [5.41, 5.74) is 0. The second-order valence-electron chi connectivity index (χ2n) is 7.32. The molecule has 26 heavy (non-hydrogen) atoms. The number of carbonyl (C=O) groups excluding carboxylic acids is 2. The van der Waals surface area contributed by atoms with Gasteiger partial charge in [-0.1, -0.05) is 5.16 Å². The predicted molar refractivity (Wildman–Crippen MR) is 97.7 cm³/mol. The summed E-state index contributed by atoms with van der Waals surface area (Å²) >= 11 is 0. The minimum absolute atomic E-state index is 0.0152. The Balaban J connectivity index is 1.35. The molecule has 0 aromatic carbocycles. The van der Waals surface area contributed by atoms with Crippen LogP contribution in [0.2, 0.25) is 0 Å². The maximum Gasteiger partial charge on any atom is 0.237 e. The number of nitrogens with zero attached hydrogens (tertiary/aromatic N) is 2. The smallest absolute Gasteiger partial charge is 0.237 e. The van der Waals surface area contributed by atoms with Gasteiger partial charge in [0, 0.05) is 32.1 Å². The molecule has 2 aliphatic rings. The largest absolute Gasteiger partial charge is 0.360 e. The zero-order valence-electron chi connectivity index (χ0n) is 15.4. The van der Waals surface area contributed by atoms with Crippen LogP contribution in [0.15, 0.2) is 10.6 Å². The van der Waals surface area contributed by atoms with Crippen molar-refractivity contribution in [2.75, 3.05) is 38.0 Å². The third-order valence-electron chi connectivity index (χ3n) is 5.10. The van der Waals surface area contributed by atoms with E-state index in [1.54, 1.807) is 13.0 Å². The van der Waals surface area contributed by atoms with Gasteiger partial charge in [-0.25, -0.2) is 0 Å². The molecule has 3 heterocycles. The topological polar surface area (TPSA) is 99.5 Å². The van der Waals surface area contributed by atoms with Crippen molar-refractivity contribution in [2.45, 2.75) is 45.1 Å². The number of anilines is 1. The molecule has 144 valence electrons. The zero-order valence-corrected chi connectivity index (χ0v) is 15.4. The van der Waals surface area contributed by atoms with Gasteiger partial charge in [-0.2, -0.15) is 0 Å². The van der Waals surface area contributed by atoms with Crippen LogP contribution in [0.1, 0.15) is 37.9 Å². The summed E-state index contributed by atoms with van der Waals surface area (Å²) in [7, 11) is 0. The van der Waals surface area contributed by atoms with Crippen molar-refractivity contribution in [2.24, 2.45) is 5.92 Å². The number of aromatic nitrogens is 1. The molecule has 2 aliphatic heterocycles. The summed E-state index contributed by atoms with van der Waals surface area (Å²) in [6.45, 7) is 6.10. The van der Waals surface area contributed by atoms with Crippen molar-refractivity contribution in [3.63, 3.8) is 0 Å². The summed E-state index contributed by atoms with van der Waals surface area (Å²) in [5.74, 6) is 1.67. The molecule has 8 nitrogen and oxygen atoms in total. The van der Waals surface area contributed by atoms with Crippen LogP contribution < -0.4 is 16.0 Å². The van der Waals surface area contributed by atoms with E-state index in [9.17, 15) is 9.59 Å². The predicted octanol–water partition coefficient (Wildman–Crippen LogP) is 0.892. The number of hydrogen-bond acceptors (Lipinski definition) is 6. The van der Waals surface area contributed by atoms with Gasteiger partial charge in [-0.3, -0.25) is 9.59 Å². The van der Waals surface area contributed by atoms with Gasteiger partial charge >= 0.3 is 0 Å².